The molecule has 0 radical (unpaired) electrons. The third kappa shape index (κ3) is 3.45. The van der Waals surface area contributed by atoms with E-state index in [4.69, 9.17) is 0 Å². The molecule has 132 valence electrons. The summed E-state index contributed by atoms with van der Waals surface area (Å²) in [6.07, 6.45) is 4.67. The topological polar surface area (TPSA) is 53.4 Å². The van der Waals surface area contributed by atoms with E-state index < -0.39 is 0 Å². The molecule has 2 saturated heterocycles. The zero-order valence-electron chi connectivity index (χ0n) is 14.4. The Kier molecular flexibility index (Phi) is 4.81. The Morgan fingerprint density at radius 2 is 1.92 bits per heavy atom. The summed E-state index contributed by atoms with van der Waals surface area (Å²) in [5.74, 6) is 0.146. The molecule has 2 unspecified atom stereocenters. The number of hydrogen-bond donors (Lipinski definition) is 1. The zero-order chi connectivity index (χ0) is 17.1. The van der Waals surface area contributed by atoms with Crippen LogP contribution in [0.15, 0.2) is 48.8 Å². The molecule has 1 aromatic carbocycles. The molecule has 6 heteroatoms. The van der Waals surface area contributed by atoms with E-state index in [9.17, 15) is 4.79 Å². The van der Waals surface area contributed by atoms with Gasteiger partial charge in [-0.3, -0.25) is 14.4 Å². The van der Waals surface area contributed by atoms with E-state index in [2.05, 4.69) is 15.3 Å². The number of carbonyl (C=O) groups excluding carboxylic acids is 1. The summed E-state index contributed by atoms with van der Waals surface area (Å²) in [5, 5.41) is 7.74. The highest BCUT2D eigenvalue weighted by atomic mass is 16.2. The second-order valence-electron chi connectivity index (χ2n) is 6.81. The van der Waals surface area contributed by atoms with E-state index in [-0.39, 0.29) is 11.9 Å². The first-order valence-corrected chi connectivity index (χ1v) is 9.10. The standard InChI is InChI=1S/C19H25N5O/c25-19(23-12-7-17(15-23)22-13-9-20-10-14-22)18(24-11-4-8-21-24)16-5-2-1-3-6-16/h1-6,8,11,17-18,20H,7,9-10,12-15H2. The molecule has 2 aliphatic rings. The summed E-state index contributed by atoms with van der Waals surface area (Å²) in [6, 6.07) is 11.9. The van der Waals surface area contributed by atoms with Crippen LogP contribution in [0.1, 0.15) is 18.0 Å². The molecule has 1 amide bonds. The SMILES string of the molecule is O=C(C(c1ccccc1)n1cccn1)N1CCC(N2CCNCC2)C1. The van der Waals surface area contributed by atoms with Gasteiger partial charge in [0.2, 0.25) is 0 Å². The lowest BCUT2D eigenvalue weighted by molar-refractivity contribution is -0.133. The van der Waals surface area contributed by atoms with Crippen LogP contribution in [0.4, 0.5) is 0 Å². The Morgan fingerprint density at radius 3 is 2.64 bits per heavy atom. The summed E-state index contributed by atoms with van der Waals surface area (Å²) < 4.78 is 1.77. The number of benzene rings is 1. The van der Waals surface area contributed by atoms with Crippen molar-refractivity contribution in [2.75, 3.05) is 39.3 Å². The molecule has 25 heavy (non-hydrogen) atoms. The second kappa shape index (κ2) is 7.37. The van der Waals surface area contributed by atoms with Crippen molar-refractivity contribution < 1.29 is 4.79 Å². The molecule has 0 bridgehead atoms. The van der Waals surface area contributed by atoms with Crippen LogP contribution in [0, 0.1) is 0 Å². The maximum absolute atomic E-state index is 13.3. The highest BCUT2D eigenvalue weighted by Gasteiger charge is 2.35. The van der Waals surface area contributed by atoms with E-state index in [1.165, 1.54) is 0 Å². The Balaban J connectivity index is 1.51. The smallest absolute Gasteiger partial charge is 0.252 e. The number of rotatable bonds is 4. The number of nitrogens with zero attached hydrogens (tertiary/aromatic N) is 4. The van der Waals surface area contributed by atoms with E-state index in [1.54, 1.807) is 10.9 Å². The number of amides is 1. The van der Waals surface area contributed by atoms with Gasteiger partial charge in [-0.25, -0.2) is 0 Å². The van der Waals surface area contributed by atoms with E-state index >= 15 is 0 Å². The maximum atomic E-state index is 13.3. The van der Waals surface area contributed by atoms with Gasteiger partial charge in [0.1, 0.15) is 0 Å². The van der Waals surface area contributed by atoms with Crippen molar-refractivity contribution in [1.82, 2.24) is 24.9 Å². The van der Waals surface area contributed by atoms with Gasteiger partial charge < -0.3 is 10.2 Å². The van der Waals surface area contributed by atoms with Crippen LogP contribution in [-0.2, 0) is 4.79 Å². The minimum absolute atomic E-state index is 0.146. The molecule has 4 rings (SSSR count). The molecule has 2 aromatic rings. The molecule has 0 saturated carbocycles. The van der Waals surface area contributed by atoms with E-state index in [1.807, 2.05) is 47.5 Å². The van der Waals surface area contributed by atoms with Gasteiger partial charge in [-0.15, -0.1) is 0 Å². The fourth-order valence-electron chi connectivity index (χ4n) is 3.94. The Morgan fingerprint density at radius 1 is 1.12 bits per heavy atom. The summed E-state index contributed by atoms with van der Waals surface area (Å²) >= 11 is 0. The molecule has 0 spiro atoms. The maximum Gasteiger partial charge on any atom is 0.252 e. The predicted octanol–water partition coefficient (Wildman–Crippen LogP) is 0.979. The fraction of sp³-hybridized carbons (Fsp3) is 0.474. The second-order valence-corrected chi connectivity index (χ2v) is 6.81. The first-order valence-electron chi connectivity index (χ1n) is 9.10. The Bertz CT molecular complexity index is 681. The van der Waals surface area contributed by atoms with E-state index in [0.717, 1.165) is 51.3 Å². The van der Waals surface area contributed by atoms with Crippen molar-refractivity contribution >= 4 is 5.91 Å². The number of aromatic nitrogens is 2. The normalized spacial score (nSPS) is 22.9. The fourth-order valence-corrected chi connectivity index (χ4v) is 3.94. The molecule has 0 aliphatic carbocycles. The number of likely N-dealkylation sites (tertiary alicyclic amines) is 1. The summed E-state index contributed by atoms with van der Waals surface area (Å²) in [4.78, 5) is 17.8. The van der Waals surface area contributed by atoms with E-state index in [0.29, 0.717) is 6.04 Å². The number of piperazine rings is 1. The van der Waals surface area contributed by atoms with Gasteiger partial charge in [-0.2, -0.15) is 5.10 Å². The molecular formula is C19H25N5O. The molecule has 1 aromatic heterocycles. The van der Waals surface area contributed by atoms with Gasteiger partial charge >= 0.3 is 0 Å². The molecule has 6 nitrogen and oxygen atoms in total. The third-order valence-corrected chi connectivity index (χ3v) is 5.28. The van der Waals surface area contributed by atoms with Crippen molar-refractivity contribution in [3.05, 3.63) is 54.4 Å². The zero-order valence-corrected chi connectivity index (χ0v) is 14.4. The average molecular weight is 339 g/mol. The van der Waals surface area contributed by atoms with Crippen LogP contribution in [0.3, 0.4) is 0 Å². The quantitative estimate of drug-likeness (QED) is 0.902. The van der Waals surface area contributed by atoms with Gasteiger partial charge in [0.25, 0.3) is 5.91 Å². The minimum Gasteiger partial charge on any atom is -0.339 e. The number of nitrogens with one attached hydrogen (secondary N) is 1. The third-order valence-electron chi connectivity index (χ3n) is 5.28. The van der Waals surface area contributed by atoms with Crippen LogP contribution in [-0.4, -0.2) is 70.8 Å². The van der Waals surface area contributed by atoms with Gasteiger partial charge in [0, 0.05) is 57.7 Å². The molecule has 2 aliphatic heterocycles. The molecular weight excluding hydrogens is 314 g/mol. The van der Waals surface area contributed by atoms with Crippen LogP contribution in [0.2, 0.25) is 0 Å². The van der Waals surface area contributed by atoms with Crippen molar-refractivity contribution in [1.29, 1.82) is 0 Å². The first-order chi connectivity index (χ1) is 12.3. The lowest BCUT2D eigenvalue weighted by Gasteiger charge is -2.33. The monoisotopic (exact) mass is 339 g/mol. The predicted molar refractivity (Wildman–Crippen MR) is 96.2 cm³/mol. The molecule has 3 heterocycles. The first kappa shape index (κ1) is 16.3. The van der Waals surface area contributed by atoms with Gasteiger partial charge in [0.05, 0.1) is 0 Å². The summed E-state index contributed by atoms with van der Waals surface area (Å²) in [5.41, 5.74) is 0.988. The lowest BCUT2D eigenvalue weighted by Crippen LogP contribution is -2.49. The minimum atomic E-state index is -0.377. The van der Waals surface area contributed by atoms with Gasteiger partial charge in [-0.1, -0.05) is 30.3 Å². The van der Waals surface area contributed by atoms with Crippen LogP contribution in [0.25, 0.3) is 0 Å². The summed E-state index contributed by atoms with van der Waals surface area (Å²) in [7, 11) is 0. The van der Waals surface area contributed by atoms with Crippen molar-refractivity contribution in [3.63, 3.8) is 0 Å². The highest BCUT2D eigenvalue weighted by molar-refractivity contribution is 5.84. The molecule has 2 atom stereocenters. The molecule has 1 N–H and O–H groups in total. The average Bonchev–Trinajstić information content (AvgIpc) is 3.36. The Hall–Kier alpha value is -2.18. The summed E-state index contributed by atoms with van der Waals surface area (Å²) in [6.45, 7) is 5.90. The number of hydrogen-bond acceptors (Lipinski definition) is 4. The highest BCUT2D eigenvalue weighted by Crippen LogP contribution is 2.24. The largest absolute Gasteiger partial charge is 0.339 e. The molecule has 2 fully saturated rings. The lowest BCUT2D eigenvalue weighted by atomic mass is 10.1. The van der Waals surface area contributed by atoms with Gasteiger partial charge in [0.15, 0.2) is 6.04 Å². The van der Waals surface area contributed by atoms with Crippen molar-refractivity contribution in [2.24, 2.45) is 0 Å². The number of carbonyl (C=O) groups is 1. The van der Waals surface area contributed by atoms with Crippen molar-refractivity contribution in [3.8, 4) is 0 Å². The van der Waals surface area contributed by atoms with Crippen LogP contribution < -0.4 is 5.32 Å². The van der Waals surface area contributed by atoms with Crippen molar-refractivity contribution in [2.45, 2.75) is 18.5 Å². The van der Waals surface area contributed by atoms with Gasteiger partial charge in [-0.05, 0) is 18.1 Å². The Labute approximate surface area is 148 Å². The van der Waals surface area contributed by atoms with Crippen LogP contribution in [0.5, 0.6) is 0 Å². The van der Waals surface area contributed by atoms with Crippen LogP contribution >= 0.6 is 0 Å².